The van der Waals surface area contributed by atoms with Crippen LogP contribution in [0.2, 0.25) is 0 Å². The Kier molecular flexibility index (Phi) is 5.31. The van der Waals surface area contributed by atoms with Crippen LogP contribution in [0.15, 0.2) is 12.1 Å². The third kappa shape index (κ3) is 4.17. The molecule has 0 fully saturated rings. The van der Waals surface area contributed by atoms with E-state index in [4.69, 9.17) is 5.26 Å². The summed E-state index contributed by atoms with van der Waals surface area (Å²) in [5, 5.41) is 11.6. The van der Waals surface area contributed by atoms with Gasteiger partial charge >= 0.3 is 0 Å². The number of aryl methyl sites for hydroxylation is 1. The lowest BCUT2D eigenvalue weighted by Gasteiger charge is -2.07. The smallest absolute Gasteiger partial charge is 0.269 e. The van der Waals surface area contributed by atoms with Crippen molar-refractivity contribution in [2.24, 2.45) is 5.92 Å². The van der Waals surface area contributed by atoms with Crippen molar-refractivity contribution in [3.63, 3.8) is 0 Å². The van der Waals surface area contributed by atoms with Crippen molar-refractivity contribution in [3.05, 3.63) is 29.1 Å². The number of pyridine rings is 1. The average molecular weight is 245 g/mol. The molecule has 0 saturated heterocycles. The Morgan fingerprint density at radius 2 is 2.22 bits per heavy atom. The largest absolute Gasteiger partial charge is 0.351 e. The predicted molar refractivity (Wildman–Crippen MR) is 70.1 cm³/mol. The number of hydrogen-bond acceptors (Lipinski definition) is 3. The quantitative estimate of drug-likeness (QED) is 0.810. The minimum atomic E-state index is -0.175. The van der Waals surface area contributed by atoms with E-state index in [1.807, 2.05) is 6.07 Å². The maximum absolute atomic E-state index is 11.8. The van der Waals surface area contributed by atoms with Crippen LogP contribution in [0.3, 0.4) is 0 Å². The summed E-state index contributed by atoms with van der Waals surface area (Å²) in [7, 11) is 0. The fourth-order valence-corrected chi connectivity index (χ4v) is 1.61. The molecule has 0 aromatic carbocycles. The summed E-state index contributed by atoms with van der Waals surface area (Å²) in [6.07, 6.45) is 2.07. The van der Waals surface area contributed by atoms with Crippen LogP contribution in [0.5, 0.6) is 0 Å². The van der Waals surface area contributed by atoms with Gasteiger partial charge < -0.3 is 5.32 Å². The molecule has 4 heteroatoms. The molecule has 96 valence electrons. The van der Waals surface area contributed by atoms with Crippen LogP contribution >= 0.6 is 0 Å². The molecule has 0 aliphatic heterocycles. The van der Waals surface area contributed by atoms with E-state index in [-0.39, 0.29) is 5.91 Å². The van der Waals surface area contributed by atoms with Gasteiger partial charge in [0.05, 0.1) is 11.3 Å². The first-order valence-electron chi connectivity index (χ1n) is 6.20. The van der Waals surface area contributed by atoms with Crippen LogP contribution in [-0.2, 0) is 0 Å². The maximum Gasteiger partial charge on any atom is 0.269 e. The van der Waals surface area contributed by atoms with E-state index < -0.39 is 0 Å². The van der Waals surface area contributed by atoms with Crippen LogP contribution in [0.1, 0.15) is 48.4 Å². The number of aromatic nitrogens is 1. The zero-order valence-electron chi connectivity index (χ0n) is 11.2. The molecule has 1 aromatic rings. The second-order valence-electron chi connectivity index (χ2n) is 4.73. The Balaban J connectivity index is 2.52. The van der Waals surface area contributed by atoms with Gasteiger partial charge in [-0.15, -0.1) is 0 Å². The van der Waals surface area contributed by atoms with Gasteiger partial charge in [0.15, 0.2) is 0 Å². The number of rotatable bonds is 5. The van der Waals surface area contributed by atoms with Crippen LogP contribution in [0, 0.1) is 24.2 Å². The van der Waals surface area contributed by atoms with Crippen molar-refractivity contribution in [1.29, 1.82) is 5.26 Å². The lowest BCUT2D eigenvalue weighted by molar-refractivity contribution is 0.0947. The number of carbonyl (C=O) groups excluding carboxylic acids is 1. The summed E-state index contributed by atoms with van der Waals surface area (Å²) in [5.41, 5.74) is 1.47. The standard InChI is InChI=1S/C14H19N3O/c1-10(2)5-4-8-16-14(18)13-7-6-12(9-15)11(3)17-13/h6-7,10H,4-5,8H2,1-3H3,(H,16,18). The summed E-state index contributed by atoms with van der Waals surface area (Å²) in [6, 6.07) is 5.25. The molecule has 1 heterocycles. The first-order valence-corrected chi connectivity index (χ1v) is 6.20. The second-order valence-corrected chi connectivity index (χ2v) is 4.73. The SMILES string of the molecule is Cc1nc(C(=O)NCCCC(C)C)ccc1C#N. The number of nitriles is 1. The Morgan fingerprint density at radius 1 is 1.50 bits per heavy atom. The van der Waals surface area contributed by atoms with E-state index in [1.54, 1.807) is 19.1 Å². The lowest BCUT2D eigenvalue weighted by Crippen LogP contribution is -2.25. The zero-order chi connectivity index (χ0) is 13.5. The van der Waals surface area contributed by atoms with Crippen molar-refractivity contribution < 1.29 is 4.79 Å². The van der Waals surface area contributed by atoms with Crippen LogP contribution in [0.25, 0.3) is 0 Å². The van der Waals surface area contributed by atoms with Crippen molar-refractivity contribution in [1.82, 2.24) is 10.3 Å². The minimum Gasteiger partial charge on any atom is -0.351 e. The van der Waals surface area contributed by atoms with Crippen LogP contribution in [0.4, 0.5) is 0 Å². The molecule has 0 atom stereocenters. The fourth-order valence-electron chi connectivity index (χ4n) is 1.61. The monoisotopic (exact) mass is 245 g/mol. The third-order valence-corrected chi connectivity index (χ3v) is 2.68. The average Bonchev–Trinajstić information content (AvgIpc) is 2.34. The maximum atomic E-state index is 11.8. The normalized spacial score (nSPS) is 10.2. The van der Waals surface area contributed by atoms with E-state index in [9.17, 15) is 4.79 Å². The minimum absolute atomic E-state index is 0.175. The highest BCUT2D eigenvalue weighted by Crippen LogP contribution is 2.06. The summed E-state index contributed by atoms with van der Waals surface area (Å²) >= 11 is 0. The molecule has 0 radical (unpaired) electrons. The van der Waals surface area contributed by atoms with Gasteiger partial charge in [0, 0.05) is 6.54 Å². The predicted octanol–water partition coefficient (Wildman–Crippen LogP) is 2.43. The molecule has 0 bridgehead atoms. The van der Waals surface area contributed by atoms with Crippen molar-refractivity contribution >= 4 is 5.91 Å². The molecular weight excluding hydrogens is 226 g/mol. The summed E-state index contributed by atoms with van der Waals surface area (Å²) in [6.45, 7) is 6.71. The first kappa shape index (κ1) is 14.2. The van der Waals surface area contributed by atoms with Gasteiger partial charge in [-0.3, -0.25) is 4.79 Å². The third-order valence-electron chi connectivity index (χ3n) is 2.68. The Morgan fingerprint density at radius 3 is 2.78 bits per heavy atom. The molecule has 1 aromatic heterocycles. The van der Waals surface area contributed by atoms with Crippen LogP contribution < -0.4 is 5.32 Å². The molecule has 0 aliphatic rings. The van der Waals surface area contributed by atoms with Gasteiger partial charge in [-0.25, -0.2) is 4.98 Å². The fraction of sp³-hybridized carbons (Fsp3) is 0.500. The van der Waals surface area contributed by atoms with Crippen LogP contribution in [-0.4, -0.2) is 17.4 Å². The van der Waals surface area contributed by atoms with Crippen molar-refractivity contribution in [3.8, 4) is 6.07 Å². The molecule has 1 rings (SSSR count). The van der Waals surface area contributed by atoms with E-state index in [1.165, 1.54) is 0 Å². The van der Waals surface area contributed by atoms with E-state index >= 15 is 0 Å². The van der Waals surface area contributed by atoms with E-state index in [2.05, 4.69) is 24.1 Å². The zero-order valence-corrected chi connectivity index (χ0v) is 11.2. The molecule has 1 amide bonds. The second kappa shape index (κ2) is 6.75. The number of nitrogens with one attached hydrogen (secondary N) is 1. The number of amides is 1. The summed E-state index contributed by atoms with van der Waals surface area (Å²) in [4.78, 5) is 15.9. The highest BCUT2D eigenvalue weighted by Gasteiger charge is 2.08. The van der Waals surface area contributed by atoms with E-state index in [0.717, 1.165) is 12.8 Å². The van der Waals surface area contributed by atoms with Gasteiger partial charge in [0.1, 0.15) is 11.8 Å². The number of carbonyl (C=O) groups is 1. The molecule has 1 N–H and O–H groups in total. The molecular formula is C14H19N3O. The van der Waals surface area contributed by atoms with Gasteiger partial charge in [-0.2, -0.15) is 5.26 Å². The summed E-state index contributed by atoms with van der Waals surface area (Å²) in [5.74, 6) is 0.475. The molecule has 0 saturated carbocycles. The van der Waals surface area contributed by atoms with E-state index in [0.29, 0.717) is 29.4 Å². The molecule has 0 spiro atoms. The molecule has 0 unspecified atom stereocenters. The summed E-state index contributed by atoms with van der Waals surface area (Å²) < 4.78 is 0. The Bertz CT molecular complexity index is 461. The topological polar surface area (TPSA) is 65.8 Å². The molecule has 4 nitrogen and oxygen atoms in total. The van der Waals surface area contributed by atoms with Crippen molar-refractivity contribution in [2.75, 3.05) is 6.54 Å². The van der Waals surface area contributed by atoms with Crippen molar-refractivity contribution in [2.45, 2.75) is 33.6 Å². The number of nitrogens with zero attached hydrogens (tertiary/aromatic N) is 2. The highest BCUT2D eigenvalue weighted by atomic mass is 16.1. The van der Waals surface area contributed by atoms with Gasteiger partial charge in [0.2, 0.25) is 0 Å². The molecule has 0 aliphatic carbocycles. The first-order chi connectivity index (χ1) is 8.54. The molecule has 18 heavy (non-hydrogen) atoms. The Hall–Kier alpha value is -1.89. The number of hydrogen-bond donors (Lipinski definition) is 1. The van der Waals surface area contributed by atoms with Gasteiger partial charge in [-0.1, -0.05) is 13.8 Å². The van der Waals surface area contributed by atoms with Gasteiger partial charge in [-0.05, 0) is 37.8 Å². The lowest BCUT2D eigenvalue weighted by atomic mass is 10.1. The Labute approximate surface area is 108 Å². The van der Waals surface area contributed by atoms with Gasteiger partial charge in [0.25, 0.3) is 5.91 Å². The highest BCUT2D eigenvalue weighted by molar-refractivity contribution is 5.92.